The summed E-state index contributed by atoms with van der Waals surface area (Å²) in [5, 5.41) is 8.44. The van der Waals surface area contributed by atoms with Gasteiger partial charge in [-0.3, -0.25) is 19.1 Å². The smallest absolute Gasteiger partial charge is 0.323 e. The quantitative estimate of drug-likeness (QED) is 0.654. The molecule has 1 N–H and O–H groups in total. The monoisotopic (exact) mass is 168 g/mol. The largest absolute Gasteiger partial charge is 0.480 e. The average Bonchev–Trinajstić information content (AvgIpc) is 1.97. The van der Waals surface area contributed by atoms with Crippen molar-refractivity contribution in [3.63, 3.8) is 0 Å². The van der Waals surface area contributed by atoms with Crippen LogP contribution < -0.4 is 5.56 Å². The molecule has 0 fully saturated rings. The van der Waals surface area contributed by atoms with Crippen molar-refractivity contribution >= 4 is 5.97 Å². The summed E-state index contributed by atoms with van der Waals surface area (Å²) in [6.45, 7) is 1.32. The highest BCUT2D eigenvalue weighted by atomic mass is 16.4. The standard InChI is InChI=1S/C7H8N2O3/c1-5-2-8-3-6(10)9(5)4-7(11)12/h2-3H,4H2,1H3,(H,11,12). The first-order valence-corrected chi connectivity index (χ1v) is 3.34. The molecular weight excluding hydrogens is 160 g/mol. The molecule has 1 heterocycles. The van der Waals surface area contributed by atoms with E-state index in [4.69, 9.17) is 5.11 Å². The van der Waals surface area contributed by atoms with E-state index >= 15 is 0 Å². The van der Waals surface area contributed by atoms with Gasteiger partial charge in [-0.2, -0.15) is 0 Å². The van der Waals surface area contributed by atoms with Gasteiger partial charge in [-0.1, -0.05) is 0 Å². The SMILES string of the molecule is Cc1cncc(=O)n1CC(=O)O. The number of nitrogens with zero attached hydrogens (tertiary/aromatic N) is 2. The van der Waals surface area contributed by atoms with Gasteiger partial charge in [-0.15, -0.1) is 0 Å². The normalized spacial score (nSPS) is 9.75. The fourth-order valence-electron chi connectivity index (χ4n) is 0.860. The summed E-state index contributed by atoms with van der Waals surface area (Å²) in [4.78, 5) is 24.9. The van der Waals surface area contributed by atoms with Gasteiger partial charge < -0.3 is 5.11 Å². The van der Waals surface area contributed by atoms with E-state index < -0.39 is 11.5 Å². The molecule has 0 amide bonds. The van der Waals surface area contributed by atoms with Gasteiger partial charge in [0.15, 0.2) is 0 Å². The molecule has 0 aliphatic heterocycles. The maximum Gasteiger partial charge on any atom is 0.323 e. The molecule has 1 aromatic rings. The van der Waals surface area contributed by atoms with Crippen LogP contribution in [0.5, 0.6) is 0 Å². The topological polar surface area (TPSA) is 72.2 Å². The number of hydrogen-bond donors (Lipinski definition) is 1. The van der Waals surface area contributed by atoms with Crippen LogP contribution in [0.1, 0.15) is 5.69 Å². The van der Waals surface area contributed by atoms with Crippen LogP contribution in [0, 0.1) is 6.92 Å². The van der Waals surface area contributed by atoms with Crippen LogP contribution in [-0.4, -0.2) is 20.6 Å². The maximum atomic E-state index is 11.0. The molecule has 1 aromatic heterocycles. The Morgan fingerprint density at radius 1 is 1.67 bits per heavy atom. The van der Waals surface area contributed by atoms with Gasteiger partial charge in [0.05, 0.1) is 6.20 Å². The van der Waals surface area contributed by atoms with Crippen LogP contribution in [0.15, 0.2) is 17.2 Å². The molecule has 0 saturated heterocycles. The van der Waals surface area contributed by atoms with E-state index in [1.54, 1.807) is 6.92 Å². The molecule has 5 nitrogen and oxygen atoms in total. The van der Waals surface area contributed by atoms with Gasteiger partial charge in [0.1, 0.15) is 6.54 Å². The number of carboxylic acids is 1. The average molecular weight is 168 g/mol. The zero-order chi connectivity index (χ0) is 9.14. The van der Waals surface area contributed by atoms with Crippen molar-refractivity contribution in [2.24, 2.45) is 0 Å². The van der Waals surface area contributed by atoms with Crippen LogP contribution >= 0.6 is 0 Å². The molecule has 0 radical (unpaired) electrons. The van der Waals surface area contributed by atoms with Crippen molar-refractivity contribution in [2.75, 3.05) is 0 Å². The van der Waals surface area contributed by atoms with Gasteiger partial charge in [0.2, 0.25) is 0 Å². The van der Waals surface area contributed by atoms with Crippen molar-refractivity contribution in [3.05, 3.63) is 28.4 Å². The third kappa shape index (κ3) is 1.69. The molecule has 0 spiro atoms. The van der Waals surface area contributed by atoms with Crippen LogP contribution in [-0.2, 0) is 11.3 Å². The number of carbonyl (C=O) groups is 1. The second kappa shape index (κ2) is 3.17. The summed E-state index contributed by atoms with van der Waals surface area (Å²) in [7, 11) is 0. The first kappa shape index (κ1) is 8.45. The number of carboxylic acid groups (broad SMARTS) is 1. The van der Waals surface area contributed by atoms with Crippen LogP contribution in [0.25, 0.3) is 0 Å². The van der Waals surface area contributed by atoms with Gasteiger partial charge >= 0.3 is 5.97 Å². The third-order valence-corrected chi connectivity index (χ3v) is 1.43. The van der Waals surface area contributed by atoms with E-state index in [0.29, 0.717) is 5.69 Å². The summed E-state index contributed by atoms with van der Waals surface area (Å²) >= 11 is 0. The zero-order valence-corrected chi connectivity index (χ0v) is 6.52. The fourth-order valence-corrected chi connectivity index (χ4v) is 0.860. The van der Waals surface area contributed by atoms with Crippen molar-refractivity contribution in [3.8, 4) is 0 Å². The fraction of sp³-hybridized carbons (Fsp3) is 0.286. The number of aliphatic carboxylic acids is 1. The Labute approximate surface area is 68.3 Å². The molecule has 0 bridgehead atoms. The predicted octanol–water partition coefficient (Wildman–Crippen LogP) is -0.364. The first-order chi connectivity index (χ1) is 5.61. The highest BCUT2D eigenvalue weighted by molar-refractivity contribution is 5.66. The lowest BCUT2D eigenvalue weighted by atomic mass is 10.4. The number of aromatic nitrogens is 2. The van der Waals surface area contributed by atoms with E-state index in [2.05, 4.69) is 4.98 Å². The lowest BCUT2D eigenvalue weighted by Gasteiger charge is -2.03. The molecule has 0 unspecified atom stereocenters. The molecule has 64 valence electrons. The molecule has 0 aliphatic rings. The summed E-state index contributed by atoms with van der Waals surface area (Å²) < 4.78 is 1.15. The predicted molar refractivity (Wildman–Crippen MR) is 40.9 cm³/mol. The lowest BCUT2D eigenvalue weighted by Crippen LogP contribution is -2.25. The molecule has 1 rings (SSSR count). The molecule has 0 atom stereocenters. The second-order valence-electron chi connectivity index (χ2n) is 2.37. The van der Waals surface area contributed by atoms with Crippen LogP contribution in [0.2, 0.25) is 0 Å². The van der Waals surface area contributed by atoms with E-state index in [1.165, 1.54) is 6.20 Å². The Kier molecular flexibility index (Phi) is 2.23. The second-order valence-corrected chi connectivity index (χ2v) is 2.37. The summed E-state index contributed by atoms with van der Waals surface area (Å²) in [5.74, 6) is -1.04. The molecule has 0 aliphatic carbocycles. The molecular formula is C7H8N2O3. The van der Waals surface area contributed by atoms with E-state index in [0.717, 1.165) is 10.8 Å². The van der Waals surface area contributed by atoms with Crippen molar-refractivity contribution in [2.45, 2.75) is 13.5 Å². The Balaban J connectivity index is 3.13. The Morgan fingerprint density at radius 2 is 2.33 bits per heavy atom. The Morgan fingerprint density at radius 3 is 2.83 bits per heavy atom. The highest BCUT2D eigenvalue weighted by Crippen LogP contribution is 1.89. The van der Waals surface area contributed by atoms with Gasteiger partial charge in [-0.25, -0.2) is 0 Å². The molecule has 0 saturated carbocycles. The van der Waals surface area contributed by atoms with Gasteiger partial charge in [0, 0.05) is 11.9 Å². The number of rotatable bonds is 2. The van der Waals surface area contributed by atoms with Crippen LogP contribution in [0.4, 0.5) is 0 Å². The molecule has 0 aromatic carbocycles. The van der Waals surface area contributed by atoms with E-state index in [1.807, 2.05) is 0 Å². The summed E-state index contributed by atoms with van der Waals surface area (Å²) in [6, 6.07) is 0. The minimum absolute atomic E-state index is 0.312. The van der Waals surface area contributed by atoms with E-state index in [-0.39, 0.29) is 6.54 Å². The summed E-state index contributed by atoms with van der Waals surface area (Å²) in [5.41, 5.74) is 0.155. The summed E-state index contributed by atoms with van der Waals surface area (Å²) in [6.07, 6.45) is 2.54. The van der Waals surface area contributed by atoms with Crippen LogP contribution in [0.3, 0.4) is 0 Å². The maximum absolute atomic E-state index is 11.0. The zero-order valence-electron chi connectivity index (χ0n) is 6.52. The first-order valence-electron chi connectivity index (χ1n) is 3.34. The Hall–Kier alpha value is -1.65. The lowest BCUT2D eigenvalue weighted by molar-refractivity contribution is -0.137. The van der Waals surface area contributed by atoms with Crippen molar-refractivity contribution in [1.82, 2.24) is 9.55 Å². The van der Waals surface area contributed by atoms with E-state index in [9.17, 15) is 9.59 Å². The van der Waals surface area contributed by atoms with Crippen molar-refractivity contribution < 1.29 is 9.90 Å². The Bertz CT molecular complexity index is 356. The third-order valence-electron chi connectivity index (χ3n) is 1.43. The molecule has 12 heavy (non-hydrogen) atoms. The van der Waals surface area contributed by atoms with Crippen molar-refractivity contribution in [1.29, 1.82) is 0 Å². The van der Waals surface area contributed by atoms with Gasteiger partial charge in [-0.05, 0) is 6.92 Å². The van der Waals surface area contributed by atoms with Gasteiger partial charge in [0.25, 0.3) is 5.56 Å². The minimum atomic E-state index is -1.04. The molecule has 5 heteroatoms. The number of hydrogen-bond acceptors (Lipinski definition) is 3. The minimum Gasteiger partial charge on any atom is -0.480 e. The number of aryl methyl sites for hydroxylation is 1. The highest BCUT2D eigenvalue weighted by Gasteiger charge is 2.03.